The Kier molecular flexibility index (Phi) is 3.71. The van der Waals surface area contributed by atoms with Gasteiger partial charge in [-0.1, -0.05) is 28.1 Å². The molecule has 1 rings (SSSR count). The lowest BCUT2D eigenvalue weighted by Gasteiger charge is -1.99. The third-order valence-corrected chi connectivity index (χ3v) is 2.23. The molecule has 1 aromatic rings. The molecular formula is C7H7BrO3S. The van der Waals surface area contributed by atoms with Crippen LogP contribution in [0.5, 0.6) is 5.75 Å². The van der Waals surface area contributed by atoms with Crippen molar-refractivity contribution < 1.29 is 12.9 Å². The van der Waals surface area contributed by atoms with Crippen LogP contribution in [0.4, 0.5) is 0 Å². The summed E-state index contributed by atoms with van der Waals surface area (Å²) in [5, 5.41) is 0.759. The molecule has 66 valence electrons. The molecule has 0 aliphatic heterocycles. The van der Waals surface area contributed by atoms with Crippen molar-refractivity contribution in [3.05, 3.63) is 29.8 Å². The second-order valence-electron chi connectivity index (χ2n) is 2.08. The second-order valence-corrected chi connectivity index (χ2v) is 3.24. The maximum Gasteiger partial charge on any atom is 0.357 e. The average molecular weight is 251 g/mol. The number of benzene rings is 1. The van der Waals surface area contributed by atoms with Crippen molar-refractivity contribution in [1.82, 2.24) is 0 Å². The quantitative estimate of drug-likeness (QED) is 0.661. The fraction of sp³-hybridized carbons (Fsp3) is 0.143. The average Bonchev–Trinajstić information content (AvgIpc) is 2.05. The minimum Gasteiger partial charge on any atom is -0.380 e. The van der Waals surface area contributed by atoms with E-state index in [0.717, 1.165) is 10.9 Å². The lowest BCUT2D eigenvalue weighted by molar-refractivity contribution is 0.458. The van der Waals surface area contributed by atoms with Crippen LogP contribution in [0, 0.1) is 0 Å². The Morgan fingerprint density at radius 3 is 2.42 bits per heavy atom. The minimum atomic E-state index is -2.24. The molecule has 1 aromatic carbocycles. The van der Waals surface area contributed by atoms with Crippen LogP contribution < -0.4 is 4.18 Å². The van der Waals surface area contributed by atoms with E-state index in [1.54, 1.807) is 12.1 Å². The zero-order valence-electron chi connectivity index (χ0n) is 6.07. The summed E-state index contributed by atoms with van der Waals surface area (Å²) in [6.07, 6.45) is 0. The third-order valence-electron chi connectivity index (χ3n) is 1.25. The lowest BCUT2D eigenvalue weighted by atomic mass is 10.2. The monoisotopic (exact) mass is 250 g/mol. The summed E-state index contributed by atoms with van der Waals surface area (Å²) in [4.78, 5) is 0. The van der Waals surface area contributed by atoms with E-state index in [-0.39, 0.29) is 0 Å². The molecule has 0 fully saturated rings. The van der Waals surface area contributed by atoms with Crippen molar-refractivity contribution >= 4 is 27.3 Å². The second kappa shape index (κ2) is 4.59. The number of rotatable bonds is 3. The van der Waals surface area contributed by atoms with Gasteiger partial charge < -0.3 is 4.18 Å². The molecule has 0 radical (unpaired) electrons. The van der Waals surface area contributed by atoms with Gasteiger partial charge in [-0.2, -0.15) is 4.21 Å². The van der Waals surface area contributed by atoms with Gasteiger partial charge in [-0.3, -0.25) is 4.55 Å². The smallest absolute Gasteiger partial charge is 0.357 e. The Bertz CT molecular complexity index is 272. The number of hydrogen-bond donors (Lipinski definition) is 1. The largest absolute Gasteiger partial charge is 0.380 e. The van der Waals surface area contributed by atoms with Crippen LogP contribution in [0.3, 0.4) is 0 Å². The van der Waals surface area contributed by atoms with Gasteiger partial charge in [0.2, 0.25) is 0 Å². The summed E-state index contributed by atoms with van der Waals surface area (Å²) in [7, 11) is 0. The van der Waals surface area contributed by atoms with Gasteiger partial charge in [-0.05, 0) is 17.7 Å². The molecule has 0 amide bonds. The Hall–Kier alpha value is -0.390. The lowest BCUT2D eigenvalue weighted by Crippen LogP contribution is -1.96. The number of halogens is 1. The van der Waals surface area contributed by atoms with Gasteiger partial charge in [0.1, 0.15) is 5.75 Å². The van der Waals surface area contributed by atoms with Gasteiger partial charge in [0.05, 0.1) is 0 Å². The van der Waals surface area contributed by atoms with E-state index in [9.17, 15) is 4.21 Å². The van der Waals surface area contributed by atoms with Crippen molar-refractivity contribution in [2.45, 2.75) is 5.33 Å². The summed E-state index contributed by atoms with van der Waals surface area (Å²) < 4.78 is 23.1. The summed E-state index contributed by atoms with van der Waals surface area (Å²) in [5.41, 5.74) is 1.09. The third kappa shape index (κ3) is 2.92. The molecule has 1 atom stereocenters. The molecule has 3 nitrogen and oxygen atoms in total. The minimum absolute atomic E-state index is 0.389. The van der Waals surface area contributed by atoms with Gasteiger partial charge in [-0.25, -0.2) is 0 Å². The number of hydrogen-bond acceptors (Lipinski definition) is 2. The van der Waals surface area contributed by atoms with Gasteiger partial charge in [0.15, 0.2) is 0 Å². The van der Waals surface area contributed by atoms with E-state index >= 15 is 0 Å². The molecule has 12 heavy (non-hydrogen) atoms. The van der Waals surface area contributed by atoms with E-state index < -0.39 is 11.4 Å². The summed E-state index contributed by atoms with van der Waals surface area (Å²) in [6.45, 7) is 0. The molecule has 1 N–H and O–H groups in total. The Morgan fingerprint density at radius 1 is 1.42 bits per heavy atom. The van der Waals surface area contributed by atoms with Crippen molar-refractivity contribution in [2.75, 3.05) is 0 Å². The molecule has 1 unspecified atom stereocenters. The Balaban J connectivity index is 2.71. The van der Waals surface area contributed by atoms with Crippen molar-refractivity contribution in [3.63, 3.8) is 0 Å². The maximum absolute atomic E-state index is 10.2. The van der Waals surface area contributed by atoms with Gasteiger partial charge >= 0.3 is 11.4 Å². The Morgan fingerprint density at radius 2 is 2.00 bits per heavy atom. The molecular weight excluding hydrogens is 244 g/mol. The fourth-order valence-electron chi connectivity index (χ4n) is 0.716. The van der Waals surface area contributed by atoms with E-state index in [1.807, 2.05) is 12.1 Å². The summed E-state index contributed by atoms with van der Waals surface area (Å²) in [5.74, 6) is 0.389. The van der Waals surface area contributed by atoms with Crippen LogP contribution in [0.15, 0.2) is 24.3 Å². The highest BCUT2D eigenvalue weighted by atomic mass is 79.9. The molecule has 0 aliphatic rings. The normalized spacial score (nSPS) is 12.5. The maximum atomic E-state index is 10.2. The van der Waals surface area contributed by atoms with Crippen molar-refractivity contribution in [3.8, 4) is 5.75 Å². The van der Waals surface area contributed by atoms with Crippen LogP contribution in [0.1, 0.15) is 5.56 Å². The van der Waals surface area contributed by atoms with E-state index in [2.05, 4.69) is 20.1 Å². The first-order valence-electron chi connectivity index (χ1n) is 3.16. The van der Waals surface area contributed by atoms with Gasteiger partial charge in [0.25, 0.3) is 0 Å². The standard InChI is InChI=1S/C7H7BrO3S/c8-5-6-1-3-7(4-2-6)11-12(9)10/h1-4H,5H2,(H,9,10). The predicted octanol–water partition coefficient (Wildman–Crippen LogP) is 2.10. The fourth-order valence-corrected chi connectivity index (χ4v) is 1.37. The topological polar surface area (TPSA) is 46.5 Å². The Labute approximate surface area is 81.4 Å². The molecule has 0 spiro atoms. The van der Waals surface area contributed by atoms with Gasteiger partial charge in [0, 0.05) is 5.33 Å². The first-order valence-corrected chi connectivity index (χ1v) is 5.32. The molecule has 0 saturated carbocycles. The van der Waals surface area contributed by atoms with E-state index in [4.69, 9.17) is 4.55 Å². The van der Waals surface area contributed by atoms with Crippen LogP contribution in [0.2, 0.25) is 0 Å². The molecule has 0 aliphatic carbocycles. The van der Waals surface area contributed by atoms with Crippen molar-refractivity contribution in [1.29, 1.82) is 0 Å². The molecule has 0 saturated heterocycles. The number of alkyl halides is 1. The first-order chi connectivity index (χ1) is 5.72. The van der Waals surface area contributed by atoms with Gasteiger partial charge in [-0.15, -0.1) is 0 Å². The highest BCUT2D eigenvalue weighted by molar-refractivity contribution is 9.08. The van der Waals surface area contributed by atoms with Crippen molar-refractivity contribution in [2.24, 2.45) is 0 Å². The zero-order valence-corrected chi connectivity index (χ0v) is 8.47. The molecule has 0 heterocycles. The molecule has 5 heteroatoms. The van der Waals surface area contributed by atoms with Crippen LogP contribution in [-0.2, 0) is 16.7 Å². The van der Waals surface area contributed by atoms with Crippen LogP contribution in [0.25, 0.3) is 0 Å². The zero-order chi connectivity index (χ0) is 8.97. The highest BCUT2D eigenvalue weighted by Crippen LogP contribution is 2.14. The molecule has 0 aromatic heterocycles. The first kappa shape index (κ1) is 9.70. The highest BCUT2D eigenvalue weighted by Gasteiger charge is 1.97. The summed E-state index contributed by atoms with van der Waals surface area (Å²) >= 11 is 1.05. The van der Waals surface area contributed by atoms with Crippen LogP contribution in [-0.4, -0.2) is 8.76 Å². The van der Waals surface area contributed by atoms with E-state index in [0.29, 0.717) is 5.75 Å². The molecule has 0 bridgehead atoms. The van der Waals surface area contributed by atoms with E-state index in [1.165, 1.54) is 0 Å². The predicted molar refractivity (Wildman–Crippen MR) is 50.5 cm³/mol. The van der Waals surface area contributed by atoms with Crippen LogP contribution >= 0.6 is 15.9 Å². The SMILES string of the molecule is O=S(O)Oc1ccc(CBr)cc1. The summed E-state index contributed by atoms with van der Waals surface area (Å²) in [6, 6.07) is 6.92.